The highest BCUT2D eigenvalue weighted by atomic mass is 16.3. The summed E-state index contributed by atoms with van der Waals surface area (Å²) < 4.78 is 0. The van der Waals surface area contributed by atoms with Crippen molar-refractivity contribution >= 4 is 0 Å². The van der Waals surface area contributed by atoms with E-state index in [1.54, 1.807) is 26.0 Å². The third-order valence-electron chi connectivity index (χ3n) is 5.35. The molecular weight excluding hydrogens is 392 g/mol. The largest absolute Gasteiger partial charge is 0.386 e. The van der Waals surface area contributed by atoms with E-state index >= 15 is 0 Å². The van der Waals surface area contributed by atoms with Crippen molar-refractivity contribution < 1.29 is 10.2 Å². The topological polar surface area (TPSA) is 40.5 Å². The molecule has 184 valence electrons. The average molecular weight is 445 g/mol. The maximum absolute atomic E-state index is 9.73. The van der Waals surface area contributed by atoms with Gasteiger partial charge >= 0.3 is 0 Å². The van der Waals surface area contributed by atoms with E-state index in [9.17, 15) is 10.2 Å². The van der Waals surface area contributed by atoms with Crippen LogP contribution in [0.2, 0.25) is 0 Å². The quantitative estimate of drug-likeness (QED) is 0.263. The molecule has 0 aromatic carbocycles. The Bertz CT molecular complexity index is 588. The van der Waals surface area contributed by atoms with Gasteiger partial charge in [-0.1, -0.05) is 58.7 Å². The van der Waals surface area contributed by atoms with Crippen LogP contribution < -0.4 is 0 Å². The molecule has 0 radical (unpaired) electrons. The maximum Gasteiger partial charge on any atom is 0.0800 e. The Morgan fingerprint density at radius 2 is 0.906 bits per heavy atom. The Balaban J connectivity index is 0. The Hall–Kier alpha value is -1.64. The molecule has 0 rings (SSSR count). The van der Waals surface area contributed by atoms with Crippen LogP contribution in [-0.2, 0) is 0 Å². The summed E-state index contributed by atoms with van der Waals surface area (Å²) in [4.78, 5) is 0. The summed E-state index contributed by atoms with van der Waals surface area (Å²) in [5.41, 5.74) is 4.10. The van der Waals surface area contributed by atoms with Crippen LogP contribution in [0, 0.1) is 0 Å². The normalized spacial score (nSPS) is 15.4. The lowest BCUT2D eigenvalue weighted by Crippen LogP contribution is -2.19. The highest BCUT2D eigenvalue weighted by Crippen LogP contribution is 2.16. The highest BCUT2D eigenvalue weighted by Gasteiger charge is 2.13. The second kappa shape index (κ2) is 17.9. The Labute approximate surface area is 200 Å². The molecule has 0 fully saturated rings. The predicted octanol–water partition coefficient (Wildman–Crippen LogP) is 8.79. The first-order chi connectivity index (χ1) is 14.7. The van der Waals surface area contributed by atoms with Crippen LogP contribution in [0.5, 0.6) is 0 Å². The van der Waals surface area contributed by atoms with E-state index in [-0.39, 0.29) is 0 Å². The van der Waals surface area contributed by atoms with Crippen LogP contribution in [-0.4, -0.2) is 21.4 Å². The second-order valence-electron chi connectivity index (χ2n) is 9.94. The summed E-state index contributed by atoms with van der Waals surface area (Å²) in [6.07, 6.45) is 20.0. The highest BCUT2D eigenvalue weighted by molar-refractivity contribution is 5.04. The van der Waals surface area contributed by atoms with Crippen molar-refractivity contribution in [3.63, 3.8) is 0 Å². The van der Waals surface area contributed by atoms with E-state index < -0.39 is 11.2 Å². The van der Waals surface area contributed by atoms with Gasteiger partial charge in [-0.2, -0.15) is 0 Å². The molecule has 0 bridgehead atoms. The van der Waals surface area contributed by atoms with Crippen molar-refractivity contribution in [1.82, 2.24) is 0 Å². The van der Waals surface area contributed by atoms with Gasteiger partial charge in [0, 0.05) is 0 Å². The zero-order valence-corrected chi connectivity index (χ0v) is 22.4. The van der Waals surface area contributed by atoms with Gasteiger partial charge in [-0.3, -0.25) is 0 Å². The standard InChI is InChI=1S/2C15H26O/c2*1-6-15(5,16)12-8-11-14(4)10-7-9-13(2)3/h2*6,9,11,16H,1,7-8,10,12H2,2-5H3/b2*14-11+. The minimum Gasteiger partial charge on any atom is -0.386 e. The van der Waals surface area contributed by atoms with Crippen molar-refractivity contribution in [2.24, 2.45) is 0 Å². The number of aliphatic hydroxyl groups is 2. The predicted molar refractivity (Wildman–Crippen MR) is 145 cm³/mol. The molecule has 0 aliphatic carbocycles. The molecule has 2 atom stereocenters. The summed E-state index contributed by atoms with van der Waals surface area (Å²) in [6, 6.07) is 0. The van der Waals surface area contributed by atoms with Gasteiger partial charge in [-0.05, 0) is 107 Å². The fourth-order valence-electron chi connectivity index (χ4n) is 2.81. The van der Waals surface area contributed by atoms with Crippen LogP contribution in [0.1, 0.15) is 107 Å². The van der Waals surface area contributed by atoms with Crippen LogP contribution in [0.25, 0.3) is 0 Å². The van der Waals surface area contributed by atoms with Crippen molar-refractivity contribution in [3.05, 3.63) is 71.9 Å². The summed E-state index contributed by atoms with van der Waals surface area (Å²) >= 11 is 0. The van der Waals surface area contributed by atoms with E-state index in [1.165, 1.54) is 22.3 Å². The van der Waals surface area contributed by atoms with Crippen molar-refractivity contribution in [2.75, 3.05) is 0 Å². The SMILES string of the molecule is C=CC(C)(O)CC/C=C(\C)CCC=C(C)C.C=CC(C)(O)CC/C=C(\C)CCC=C(C)C. The van der Waals surface area contributed by atoms with Gasteiger partial charge < -0.3 is 10.2 Å². The van der Waals surface area contributed by atoms with Crippen LogP contribution in [0.4, 0.5) is 0 Å². The lowest BCUT2D eigenvalue weighted by molar-refractivity contribution is 0.103. The molecule has 0 saturated heterocycles. The monoisotopic (exact) mass is 444 g/mol. The fourth-order valence-corrected chi connectivity index (χ4v) is 2.81. The number of hydrogen-bond acceptors (Lipinski definition) is 2. The molecule has 2 nitrogen and oxygen atoms in total. The van der Waals surface area contributed by atoms with Gasteiger partial charge in [-0.25, -0.2) is 0 Å². The summed E-state index contributed by atoms with van der Waals surface area (Å²) in [7, 11) is 0. The van der Waals surface area contributed by atoms with E-state index in [4.69, 9.17) is 0 Å². The minimum atomic E-state index is -0.726. The lowest BCUT2D eigenvalue weighted by Gasteiger charge is -2.16. The first-order valence-electron chi connectivity index (χ1n) is 12.0. The van der Waals surface area contributed by atoms with Crippen LogP contribution >= 0.6 is 0 Å². The van der Waals surface area contributed by atoms with Gasteiger partial charge in [0.25, 0.3) is 0 Å². The molecule has 0 aliphatic rings. The Kier molecular flexibility index (Phi) is 18.2. The zero-order chi connectivity index (χ0) is 25.2. The van der Waals surface area contributed by atoms with Crippen molar-refractivity contribution in [1.29, 1.82) is 0 Å². The molecule has 0 saturated carbocycles. The number of hydrogen-bond donors (Lipinski definition) is 2. The maximum atomic E-state index is 9.73. The summed E-state index contributed by atoms with van der Waals surface area (Å²) in [5, 5.41) is 19.5. The van der Waals surface area contributed by atoms with Gasteiger partial charge in [0.2, 0.25) is 0 Å². The fraction of sp³-hybridized carbons (Fsp3) is 0.600. The van der Waals surface area contributed by atoms with Crippen LogP contribution in [0.3, 0.4) is 0 Å². The average Bonchev–Trinajstić information content (AvgIpc) is 2.67. The third-order valence-corrected chi connectivity index (χ3v) is 5.35. The first-order valence-corrected chi connectivity index (χ1v) is 12.0. The third kappa shape index (κ3) is 23.0. The molecule has 2 N–H and O–H groups in total. The number of allylic oxidation sites excluding steroid dienone is 8. The smallest absolute Gasteiger partial charge is 0.0800 e. The first kappa shape index (κ1) is 32.5. The molecule has 2 unspecified atom stereocenters. The van der Waals surface area contributed by atoms with Crippen LogP contribution in [0.15, 0.2) is 71.9 Å². The van der Waals surface area contributed by atoms with Crippen molar-refractivity contribution in [3.8, 4) is 0 Å². The Morgan fingerprint density at radius 1 is 0.594 bits per heavy atom. The molecule has 0 amide bonds. The van der Waals surface area contributed by atoms with Gasteiger partial charge in [0.05, 0.1) is 11.2 Å². The van der Waals surface area contributed by atoms with Crippen molar-refractivity contribution in [2.45, 2.75) is 118 Å². The molecule has 32 heavy (non-hydrogen) atoms. The molecule has 2 heteroatoms. The minimum absolute atomic E-state index is 0.726. The zero-order valence-electron chi connectivity index (χ0n) is 22.4. The molecule has 0 aromatic rings. The van der Waals surface area contributed by atoms with E-state index in [0.717, 1.165) is 51.4 Å². The molecular formula is C30H52O2. The Morgan fingerprint density at radius 3 is 1.16 bits per heavy atom. The second-order valence-corrected chi connectivity index (χ2v) is 9.94. The summed E-state index contributed by atoms with van der Waals surface area (Å²) in [6.45, 7) is 23.6. The summed E-state index contributed by atoms with van der Waals surface area (Å²) in [5.74, 6) is 0. The van der Waals surface area contributed by atoms with Gasteiger partial charge in [-0.15, -0.1) is 13.2 Å². The number of rotatable bonds is 14. The van der Waals surface area contributed by atoms with Gasteiger partial charge in [0.1, 0.15) is 0 Å². The molecule has 0 aliphatic heterocycles. The van der Waals surface area contributed by atoms with E-state index in [1.807, 2.05) is 0 Å². The molecule has 0 aromatic heterocycles. The van der Waals surface area contributed by atoms with E-state index in [0.29, 0.717) is 0 Å². The molecule has 0 heterocycles. The van der Waals surface area contributed by atoms with Gasteiger partial charge in [0.15, 0.2) is 0 Å². The lowest BCUT2D eigenvalue weighted by atomic mass is 9.99. The molecule has 0 spiro atoms. The van der Waals surface area contributed by atoms with E-state index in [2.05, 4.69) is 79.0 Å².